The third-order valence-corrected chi connectivity index (χ3v) is 2.20. The summed E-state index contributed by atoms with van der Waals surface area (Å²) in [6.45, 7) is -0.406. The molecule has 0 aliphatic carbocycles. The van der Waals surface area contributed by atoms with Gasteiger partial charge in [0.15, 0.2) is 0 Å². The van der Waals surface area contributed by atoms with Crippen LogP contribution in [0.4, 0.5) is 4.39 Å². The van der Waals surface area contributed by atoms with Crippen LogP contribution < -0.4 is 5.73 Å². The van der Waals surface area contributed by atoms with Crippen molar-refractivity contribution < 1.29 is 19.3 Å². The Bertz CT molecular complexity index is 312. The fourth-order valence-corrected chi connectivity index (χ4v) is 1.09. The molecule has 1 aromatic carbocycles. The number of aliphatic hydroxyl groups excluding tert-OH is 2. The molecule has 0 heterocycles. The van der Waals surface area contributed by atoms with Gasteiger partial charge in [-0.15, -0.1) is 0 Å². The summed E-state index contributed by atoms with van der Waals surface area (Å²) in [6, 6.07) is 5.88. The molecule has 1 rings (SSSR count). The van der Waals surface area contributed by atoms with E-state index in [9.17, 15) is 4.39 Å². The Morgan fingerprint density at radius 1 is 1.19 bits per heavy atom. The van der Waals surface area contributed by atoms with Crippen LogP contribution in [-0.2, 0) is 11.3 Å². The summed E-state index contributed by atoms with van der Waals surface area (Å²) in [4.78, 5) is 0. The van der Waals surface area contributed by atoms with Crippen LogP contribution in [0.15, 0.2) is 24.3 Å². The maximum atomic E-state index is 12.6. The minimum atomic E-state index is -1.12. The van der Waals surface area contributed by atoms with Crippen LogP contribution in [0.2, 0.25) is 0 Å². The molecule has 1 aromatic rings. The molecule has 0 aliphatic heterocycles. The molecule has 0 unspecified atom stereocenters. The van der Waals surface area contributed by atoms with Crippen molar-refractivity contribution in [1.29, 1.82) is 0 Å². The zero-order valence-electron chi connectivity index (χ0n) is 8.90. The summed E-state index contributed by atoms with van der Waals surface area (Å²) in [5.41, 5.74) is 5.28. The molecule has 0 spiro atoms. The Hall–Kier alpha value is -1.01. The van der Waals surface area contributed by atoms with Gasteiger partial charge in [-0.05, 0) is 17.7 Å². The van der Waals surface area contributed by atoms with Gasteiger partial charge in [-0.3, -0.25) is 0 Å². The van der Waals surface area contributed by atoms with E-state index in [1.807, 2.05) is 0 Å². The van der Waals surface area contributed by atoms with E-state index in [1.165, 1.54) is 12.1 Å². The SMILES string of the molecule is NC(CO)(CO)COCc1ccc(F)cc1. The summed E-state index contributed by atoms with van der Waals surface area (Å²) in [7, 11) is 0. The number of ether oxygens (including phenoxy) is 1. The standard InChI is InChI=1S/C11H16FNO3/c12-10-3-1-9(2-4-10)5-16-8-11(13,6-14)7-15/h1-4,14-15H,5-8,13H2. The average molecular weight is 229 g/mol. The van der Waals surface area contributed by atoms with Crippen LogP contribution in [0.1, 0.15) is 5.56 Å². The predicted octanol–water partition coefficient (Wildman–Crippen LogP) is 0.0244. The molecule has 4 nitrogen and oxygen atoms in total. The highest BCUT2D eigenvalue weighted by molar-refractivity contribution is 5.14. The first kappa shape index (κ1) is 13.1. The lowest BCUT2D eigenvalue weighted by Crippen LogP contribution is -2.51. The second kappa shape index (κ2) is 5.91. The minimum absolute atomic E-state index is 0.0391. The molecule has 5 heteroatoms. The fourth-order valence-electron chi connectivity index (χ4n) is 1.09. The number of hydrogen-bond acceptors (Lipinski definition) is 4. The first-order chi connectivity index (χ1) is 7.59. The van der Waals surface area contributed by atoms with Crippen LogP contribution >= 0.6 is 0 Å². The topological polar surface area (TPSA) is 75.7 Å². The van der Waals surface area contributed by atoms with Crippen LogP contribution in [0.5, 0.6) is 0 Å². The van der Waals surface area contributed by atoms with Gasteiger partial charge in [0.05, 0.1) is 32.0 Å². The second-order valence-electron chi connectivity index (χ2n) is 3.80. The number of hydrogen-bond donors (Lipinski definition) is 3. The molecule has 0 aromatic heterocycles. The van der Waals surface area contributed by atoms with Crippen LogP contribution in [-0.4, -0.2) is 35.6 Å². The molecule has 0 amide bonds. The van der Waals surface area contributed by atoms with E-state index in [4.69, 9.17) is 20.7 Å². The van der Waals surface area contributed by atoms with E-state index in [-0.39, 0.29) is 32.2 Å². The van der Waals surface area contributed by atoms with Crippen molar-refractivity contribution in [2.45, 2.75) is 12.1 Å². The Morgan fingerprint density at radius 3 is 2.25 bits per heavy atom. The summed E-state index contributed by atoms with van der Waals surface area (Å²) in [6.07, 6.45) is 0. The van der Waals surface area contributed by atoms with Crippen molar-refractivity contribution in [2.75, 3.05) is 19.8 Å². The van der Waals surface area contributed by atoms with Gasteiger partial charge in [-0.2, -0.15) is 0 Å². The molecule has 0 bridgehead atoms. The number of rotatable bonds is 6. The highest BCUT2D eigenvalue weighted by Gasteiger charge is 2.23. The van der Waals surface area contributed by atoms with E-state index >= 15 is 0 Å². The highest BCUT2D eigenvalue weighted by Crippen LogP contribution is 2.06. The smallest absolute Gasteiger partial charge is 0.123 e. The average Bonchev–Trinajstić information content (AvgIpc) is 2.31. The summed E-state index contributed by atoms with van der Waals surface area (Å²) < 4.78 is 17.8. The van der Waals surface area contributed by atoms with Crippen molar-refractivity contribution in [1.82, 2.24) is 0 Å². The van der Waals surface area contributed by atoms with Crippen LogP contribution in [0.25, 0.3) is 0 Å². The second-order valence-corrected chi connectivity index (χ2v) is 3.80. The van der Waals surface area contributed by atoms with E-state index in [1.54, 1.807) is 12.1 Å². The molecule has 0 radical (unpaired) electrons. The molecule has 0 atom stereocenters. The van der Waals surface area contributed by atoms with E-state index in [2.05, 4.69) is 0 Å². The zero-order chi connectivity index (χ0) is 12.0. The first-order valence-electron chi connectivity index (χ1n) is 4.92. The molecule has 0 fully saturated rings. The number of benzene rings is 1. The van der Waals surface area contributed by atoms with Crippen molar-refractivity contribution in [3.05, 3.63) is 35.6 Å². The Morgan fingerprint density at radius 2 is 1.75 bits per heavy atom. The van der Waals surface area contributed by atoms with Gasteiger partial charge in [0.2, 0.25) is 0 Å². The monoisotopic (exact) mass is 229 g/mol. The Labute approximate surface area is 93.5 Å². The van der Waals surface area contributed by atoms with Gasteiger partial charge in [-0.1, -0.05) is 12.1 Å². The highest BCUT2D eigenvalue weighted by atomic mass is 19.1. The maximum absolute atomic E-state index is 12.6. The molecule has 90 valence electrons. The zero-order valence-corrected chi connectivity index (χ0v) is 8.90. The number of aliphatic hydroxyl groups is 2. The Balaban J connectivity index is 2.38. The van der Waals surface area contributed by atoms with Crippen molar-refractivity contribution in [3.8, 4) is 0 Å². The Kier molecular flexibility index (Phi) is 4.82. The lowest BCUT2D eigenvalue weighted by atomic mass is 10.1. The van der Waals surface area contributed by atoms with Gasteiger partial charge in [0, 0.05) is 0 Å². The van der Waals surface area contributed by atoms with Gasteiger partial charge in [-0.25, -0.2) is 4.39 Å². The van der Waals surface area contributed by atoms with Gasteiger partial charge in [0.25, 0.3) is 0 Å². The first-order valence-corrected chi connectivity index (χ1v) is 4.92. The van der Waals surface area contributed by atoms with Crippen molar-refractivity contribution in [2.24, 2.45) is 5.73 Å². The van der Waals surface area contributed by atoms with Gasteiger partial charge in [0.1, 0.15) is 5.82 Å². The predicted molar refractivity (Wildman–Crippen MR) is 57.1 cm³/mol. The third-order valence-electron chi connectivity index (χ3n) is 2.20. The molecule has 0 saturated heterocycles. The summed E-state index contributed by atoms with van der Waals surface area (Å²) in [5.74, 6) is -0.303. The van der Waals surface area contributed by atoms with Crippen molar-refractivity contribution in [3.63, 3.8) is 0 Å². The van der Waals surface area contributed by atoms with Gasteiger partial charge < -0.3 is 20.7 Å². The molecule has 0 aliphatic rings. The van der Waals surface area contributed by atoms with E-state index < -0.39 is 5.54 Å². The molecular formula is C11H16FNO3. The van der Waals surface area contributed by atoms with Gasteiger partial charge >= 0.3 is 0 Å². The van der Waals surface area contributed by atoms with Crippen LogP contribution in [0, 0.1) is 5.82 Å². The van der Waals surface area contributed by atoms with E-state index in [0.29, 0.717) is 0 Å². The largest absolute Gasteiger partial charge is 0.394 e. The molecule has 0 saturated carbocycles. The minimum Gasteiger partial charge on any atom is -0.394 e. The lowest BCUT2D eigenvalue weighted by molar-refractivity contribution is 0.0180. The molecule has 16 heavy (non-hydrogen) atoms. The maximum Gasteiger partial charge on any atom is 0.123 e. The van der Waals surface area contributed by atoms with E-state index in [0.717, 1.165) is 5.56 Å². The van der Waals surface area contributed by atoms with Crippen molar-refractivity contribution >= 4 is 0 Å². The number of nitrogens with two attached hydrogens (primary N) is 1. The third kappa shape index (κ3) is 3.86. The quantitative estimate of drug-likeness (QED) is 0.643. The fraction of sp³-hybridized carbons (Fsp3) is 0.455. The lowest BCUT2D eigenvalue weighted by Gasteiger charge is -2.24. The normalized spacial score (nSPS) is 11.8. The summed E-state index contributed by atoms with van der Waals surface area (Å²) in [5, 5.41) is 17.8. The number of halogens is 1. The molecule has 4 N–H and O–H groups in total. The van der Waals surface area contributed by atoms with Crippen LogP contribution in [0.3, 0.4) is 0 Å². The molecular weight excluding hydrogens is 213 g/mol. The summed E-state index contributed by atoms with van der Waals surface area (Å²) >= 11 is 0.